The van der Waals surface area contributed by atoms with Gasteiger partial charge in [-0.15, -0.1) is 0 Å². The van der Waals surface area contributed by atoms with Crippen molar-refractivity contribution in [1.82, 2.24) is 39.0 Å². The molecule has 2 fully saturated rings. The first-order valence-electron chi connectivity index (χ1n) is 18.7. The van der Waals surface area contributed by atoms with E-state index < -0.39 is 131 Å². The second-order valence-electron chi connectivity index (χ2n) is 14.2. The van der Waals surface area contributed by atoms with Crippen molar-refractivity contribution in [2.75, 3.05) is 23.8 Å². The van der Waals surface area contributed by atoms with Crippen molar-refractivity contribution in [1.29, 1.82) is 0 Å². The van der Waals surface area contributed by atoms with E-state index in [9.17, 15) is 58.4 Å². The molecule has 4 aromatic heterocycles. The van der Waals surface area contributed by atoms with Gasteiger partial charge in [-0.2, -0.15) is 9.97 Å². The quantitative estimate of drug-likeness (QED) is 0.0582. The van der Waals surface area contributed by atoms with E-state index in [2.05, 4.69) is 29.9 Å². The van der Waals surface area contributed by atoms with Gasteiger partial charge in [0.15, 0.2) is 45.5 Å². The molecular weight excluding hydrogens is 897 g/mol. The van der Waals surface area contributed by atoms with Crippen LogP contribution in [0.5, 0.6) is 0 Å². The standard InChI is InChI=1S/C30H47N10O17P3S/c1-5-29(6-2,58(47,48)53-9-13-17(41)19(43)25(54-13)39-11-33-15-21(39)35-27(31)37-23(15)45)56-59(49,50)30(7-3,8-4)57-60(51,52)61-10-14-18(42)20(44)26(55-14)40-12-34-16-22(40)36-28(32)38-24(16)46/h11-14,17-20,25-26,41-44H,5-10H2,1-4H3,(H,47,48)(H,49,50)(H,51,52)(H3,31,35,37,45)(H3,32,36,38,46). The number of nitrogens with one attached hydrogen (secondary N) is 2. The Bertz CT molecular complexity index is 2510. The van der Waals surface area contributed by atoms with Crippen LogP contribution in [-0.4, -0.2) is 134 Å². The zero-order chi connectivity index (χ0) is 45.0. The highest BCUT2D eigenvalue weighted by Crippen LogP contribution is 2.74. The fourth-order valence-corrected chi connectivity index (χ4v) is 14.8. The van der Waals surface area contributed by atoms with Crippen LogP contribution < -0.4 is 22.6 Å². The van der Waals surface area contributed by atoms with Gasteiger partial charge in [0.2, 0.25) is 11.9 Å². The third-order valence-corrected chi connectivity index (χ3v) is 18.7. The van der Waals surface area contributed by atoms with Gasteiger partial charge in [0, 0.05) is 5.75 Å². The molecule has 31 heteroatoms. The SMILES string of the molecule is CCC(CC)(OP(=O)(O)C(CC)(CC)OP(=O)(O)SCC1OC(n2cnc3c(=O)[nH]c(N)nc32)C(O)C1O)P(=O)(O)OCC1OC(n2cnc3c(=O)[nH]c(N)nc32)C(O)C1O. The van der Waals surface area contributed by atoms with Crippen molar-refractivity contribution >= 4 is 67.6 Å². The molecule has 0 aromatic carbocycles. The molecule has 0 amide bonds. The Kier molecular flexibility index (Phi) is 13.5. The third-order valence-electron chi connectivity index (χ3n) is 10.8. The number of imidazole rings is 2. The first-order chi connectivity index (χ1) is 28.5. The summed E-state index contributed by atoms with van der Waals surface area (Å²) in [5.74, 6) is -1.06. The smallest absolute Gasteiger partial charge is 0.387 e. The Morgan fingerprint density at radius 3 is 1.61 bits per heavy atom. The van der Waals surface area contributed by atoms with Crippen LogP contribution >= 0.6 is 33.4 Å². The number of hydrogen-bond donors (Lipinski definition) is 11. The Morgan fingerprint density at radius 2 is 1.15 bits per heavy atom. The summed E-state index contributed by atoms with van der Waals surface area (Å²) in [7, 11) is -10.6. The Labute approximate surface area is 348 Å². The lowest BCUT2D eigenvalue weighted by molar-refractivity contribution is -0.0513. The maximum atomic E-state index is 14.3. The number of aromatic nitrogens is 8. The predicted octanol–water partition coefficient (Wildman–Crippen LogP) is -0.0576. The summed E-state index contributed by atoms with van der Waals surface area (Å²) in [5, 5.41) is 38.3. The molecule has 6 heterocycles. The normalized spacial score (nSPS) is 28.0. The number of rotatable bonds is 18. The molecular formula is C30H47N10O17P3S. The van der Waals surface area contributed by atoms with Crippen LogP contribution in [0.2, 0.25) is 0 Å². The summed E-state index contributed by atoms with van der Waals surface area (Å²) in [5.41, 5.74) is 9.45. The summed E-state index contributed by atoms with van der Waals surface area (Å²) < 4.78 is 72.4. The van der Waals surface area contributed by atoms with Crippen LogP contribution in [0.25, 0.3) is 22.3 Å². The molecule has 0 spiro atoms. The van der Waals surface area contributed by atoms with Crippen molar-refractivity contribution in [2.45, 2.75) is 113 Å². The van der Waals surface area contributed by atoms with Crippen molar-refractivity contribution in [3.63, 3.8) is 0 Å². The molecule has 11 unspecified atom stereocenters. The minimum atomic E-state index is -5.40. The highest BCUT2D eigenvalue weighted by Gasteiger charge is 2.60. The molecule has 6 rings (SSSR count). The largest absolute Gasteiger partial charge is 0.387 e. The summed E-state index contributed by atoms with van der Waals surface area (Å²) in [6, 6.07) is 0. The van der Waals surface area contributed by atoms with Gasteiger partial charge in [0.25, 0.3) is 11.1 Å². The third kappa shape index (κ3) is 8.62. The molecule has 4 aromatic rings. The number of nitrogen functional groups attached to an aromatic ring is 2. The Hall–Kier alpha value is -3.14. The number of nitrogens with zero attached hydrogens (tertiary/aromatic N) is 6. The summed E-state index contributed by atoms with van der Waals surface area (Å²) in [6.45, 7) is -0.464. The zero-order valence-electron chi connectivity index (χ0n) is 32.8. The lowest BCUT2D eigenvalue weighted by Gasteiger charge is -2.42. The van der Waals surface area contributed by atoms with Crippen molar-refractivity contribution in [2.24, 2.45) is 0 Å². The average Bonchev–Trinajstić information content (AvgIpc) is 3.95. The second-order valence-corrected chi connectivity index (χ2v) is 22.3. The maximum Gasteiger partial charge on any atom is 0.387 e. The molecule has 0 saturated carbocycles. The number of aliphatic hydroxyl groups is 4. The highest BCUT2D eigenvalue weighted by molar-refractivity contribution is 8.54. The van der Waals surface area contributed by atoms with Gasteiger partial charge in [0.1, 0.15) is 30.5 Å². The lowest BCUT2D eigenvalue weighted by atomic mass is 10.1. The van der Waals surface area contributed by atoms with Gasteiger partial charge in [-0.05, 0) is 37.1 Å². The minimum Gasteiger partial charge on any atom is -0.387 e. The number of hydrogen-bond acceptors (Lipinski definition) is 21. The Balaban J connectivity index is 1.14. The molecule has 0 bridgehead atoms. The predicted molar refractivity (Wildman–Crippen MR) is 214 cm³/mol. The van der Waals surface area contributed by atoms with Gasteiger partial charge in [-0.1, -0.05) is 27.7 Å². The van der Waals surface area contributed by atoms with Crippen molar-refractivity contribution < 1.29 is 71.8 Å². The van der Waals surface area contributed by atoms with E-state index in [1.165, 1.54) is 27.7 Å². The first kappa shape index (κ1) is 47.3. The number of H-pyrrole nitrogens is 2. The second kappa shape index (κ2) is 17.4. The number of fused-ring (bicyclic) bond motifs is 2. The first-order valence-corrected chi connectivity index (χ1v) is 25.0. The number of nitrogens with two attached hydrogens (primary N) is 2. The molecule has 0 aliphatic carbocycles. The average molecular weight is 945 g/mol. The van der Waals surface area contributed by atoms with Crippen LogP contribution in [0, 0.1) is 0 Å². The van der Waals surface area contributed by atoms with Crippen LogP contribution in [-0.2, 0) is 36.7 Å². The van der Waals surface area contributed by atoms with Gasteiger partial charge in [0.05, 0.1) is 25.4 Å². The van der Waals surface area contributed by atoms with Crippen molar-refractivity contribution in [3.8, 4) is 0 Å². The van der Waals surface area contributed by atoms with Crippen LogP contribution in [0.4, 0.5) is 11.9 Å². The van der Waals surface area contributed by atoms with Gasteiger partial charge in [-0.25, -0.2) is 14.5 Å². The summed E-state index contributed by atoms with van der Waals surface area (Å²) in [4.78, 5) is 78.9. The fourth-order valence-electron chi connectivity index (χ4n) is 7.13. The van der Waals surface area contributed by atoms with E-state index in [1.807, 2.05) is 0 Å². The fraction of sp³-hybridized carbons (Fsp3) is 0.667. The summed E-state index contributed by atoms with van der Waals surface area (Å²) >= 11 is 0.192. The maximum absolute atomic E-state index is 14.3. The zero-order valence-corrected chi connectivity index (χ0v) is 36.3. The molecule has 2 aliphatic heterocycles. The topological polar surface area (TPSA) is 418 Å². The molecule has 2 aliphatic rings. The molecule has 13 N–H and O–H groups in total. The number of aromatic amines is 2. The molecule has 0 radical (unpaired) electrons. The van der Waals surface area contributed by atoms with E-state index in [0.29, 0.717) is 0 Å². The van der Waals surface area contributed by atoms with E-state index in [-0.39, 0.29) is 45.6 Å². The number of anilines is 2. The minimum absolute atomic E-state index is 0.0791. The molecule has 27 nitrogen and oxygen atoms in total. The van der Waals surface area contributed by atoms with E-state index in [0.717, 1.165) is 21.8 Å². The molecule has 2 saturated heterocycles. The number of ether oxygens (including phenoxy) is 2. The molecule has 340 valence electrons. The van der Waals surface area contributed by atoms with Crippen LogP contribution in [0.15, 0.2) is 22.2 Å². The number of aliphatic hydroxyl groups excluding tert-OH is 4. The van der Waals surface area contributed by atoms with Crippen molar-refractivity contribution in [3.05, 3.63) is 33.4 Å². The van der Waals surface area contributed by atoms with Gasteiger partial charge >= 0.3 is 22.0 Å². The van der Waals surface area contributed by atoms with E-state index in [4.69, 9.17) is 34.5 Å². The monoisotopic (exact) mass is 944 g/mol. The Morgan fingerprint density at radius 1 is 0.721 bits per heavy atom. The molecule has 61 heavy (non-hydrogen) atoms. The van der Waals surface area contributed by atoms with Gasteiger partial charge < -0.3 is 60.6 Å². The highest BCUT2D eigenvalue weighted by atomic mass is 32.7. The summed E-state index contributed by atoms with van der Waals surface area (Å²) in [6.07, 6.45) is -11.9. The van der Waals surface area contributed by atoms with E-state index in [1.54, 1.807) is 0 Å². The van der Waals surface area contributed by atoms with Crippen LogP contribution in [0.3, 0.4) is 0 Å². The lowest BCUT2D eigenvalue weighted by Crippen LogP contribution is -2.39. The molecule has 11 atom stereocenters. The van der Waals surface area contributed by atoms with Crippen LogP contribution in [0.1, 0.15) is 65.8 Å². The van der Waals surface area contributed by atoms with E-state index >= 15 is 0 Å². The van der Waals surface area contributed by atoms with Gasteiger partial charge in [-0.3, -0.25) is 46.9 Å².